The van der Waals surface area contributed by atoms with Crippen molar-refractivity contribution in [1.29, 1.82) is 0 Å². The highest BCUT2D eigenvalue weighted by Crippen LogP contribution is 2.22. The van der Waals surface area contributed by atoms with Gasteiger partial charge in [-0.05, 0) is 44.7 Å². The Morgan fingerprint density at radius 1 is 1.43 bits per heavy atom. The Hall–Kier alpha value is -0.700. The number of rotatable bonds is 6. The van der Waals surface area contributed by atoms with Crippen molar-refractivity contribution in [2.45, 2.75) is 31.6 Å². The summed E-state index contributed by atoms with van der Waals surface area (Å²) in [5.41, 5.74) is 0.838. The van der Waals surface area contributed by atoms with Crippen LogP contribution in [0.25, 0.3) is 0 Å². The highest BCUT2D eigenvalue weighted by Gasteiger charge is 2.17. The van der Waals surface area contributed by atoms with Crippen molar-refractivity contribution in [3.63, 3.8) is 0 Å². The number of halogens is 2. The number of hydrogen-bond donors (Lipinski definition) is 2. The Labute approximate surface area is 160 Å². The third-order valence-electron chi connectivity index (χ3n) is 3.49. The second-order valence-electron chi connectivity index (χ2n) is 5.65. The summed E-state index contributed by atoms with van der Waals surface area (Å²) in [7, 11) is 3.18. The molecule has 0 saturated carbocycles. The van der Waals surface area contributed by atoms with Crippen LogP contribution in [0.5, 0.6) is 5.75 Å². The predicted octanol–water partition coefficient (Wildman–Crippen LogP) is 3.82. The number of thioether (sulfide) groups is 1. The fourth-order valence-electron chi connectivity index (χ4n) is 1.80. The van der Waals surface area contributed by atoms with Crippen LogP contribution in [-0.4, -0.2) is 37.7 Å². The Balaban J connectivity index is 0.00000484. The number of aliphatic imine (C=N–C) groups is 1. The van der Waals surface area contributed by atoms with Crippen LogP contribution in [0, 0.1) is 5.82 Å². The highest BCUT2D eigenvalue weighted by atomic mass is 127. The fourth-order valence-corrected chi connectivity index (χ4v) is 2.02. The number of methoxy groups -OCH3 is 1. The number of benzene rings is 1. The van der Waals surface area contributed by atoms with E-state index in [0.29, 0.717) is 5.96 Å². The molecule has 23 heavy (non-hydrogen) atoms. The minimum Gasteiger partial charge on any atom is -0.494 e. The molecule has 0 heterocycles. The van der Waals surface area contributed by atoms with E-state index in [-0.39, 0.29) is 46.3 Å². The average molecular weight is 455 g/mol. The standard InChI is InChI=1S/C16H26FN3OS.HI/c1-11(12-7-8-14(21-5)13(17)9-12)20-15(18-4)19-10-16(2,3)22-6;/h7-9,11H,10H2,1-6H3,(H2,18,19,20);1H. The average Bonchev–Trinajstić information content (AvgIpc) is 2.51. The summed E-state index contributed by atoms with van der Waals surface area (Å²) in [6.07, 6.45) is 2.08. The summed E-state index contributed by atoms with van der Waals surface area (Å²) in [4.78, 5) is 4.21. The first-order chi connectivity index (χ1) is 10.3. The first kappa shape index (κ1) is 22.3. The molecule has 0 aliphatic rings. The van der Waals surface area contributed by atoms with Crippen molar-refractivity contribution < 1.29 is 9.13 Å². The van der Waals surface area contributed by atoms with E-state index in [1.807, 2.05) is 13.0 Å². The van der Waals surface area contributed by atoms with E-state index < -0.39 is 0 Å². The van der Waals surface area contributed by atoms with Crippen molar-refractivity contribution in [2.24, 2.45) is 4.99 Å². The summed E-state index contributed by atoms with van der Waals surface area (Å²) in [5.74, 6) is 0.589. The lowest BCUT2D eigenvalue weighted by Gasteiger charge is -2.25. The highest BCUT2D eigenvalue weighted by molar-refractivity contribution is 14.0. The minimum atomic E-state index is -0.361. The quantitative estimate of drug-likeness (QED) is 0.389. The van der Waals surface area contributed by atoms with Gasteiger partial charge in [0.05, 0.1) is 13.2 Å². The van der Waals surface area contributed by atoms with Gasteiger partial charge in [0.15, 0.2) is 17.5 Å². The van der Waals surface area contributed by atoms with Crippen LogP contribution in [0.3, 0.4) is 0 Å². The molecule has 1 aromatic carbocycles. The van der Waals surface area contributed by atoms with Crippen molar-refractivity contribution >= 4 is 41.7 Å². The number of nitrogens with zero attached hydrogens (tertiary/aromatic N) is 1. The molecule has 0 aliphatic heterocycles. The van der Waals surface area contributed by atoms with Gasteiger partial charge < -0.3 is 15.4 Å². The van der Waals surface area contributed by atoms with Crippen LogP contribution in [0.1, 0.15) is 32.4 Å². The first-order valence-corrected chi connectivity index (χ1v) is 8.41. The Morgan fingerprint density at radius 2 is 2.09 bits per heavy atom. The topological polar surface area (TPSA) is 45.7 Å². The lowest BCUT2D eigenvalue weighted by Crippen LogP contribution is -2.44. The second-order valence-corrected chi connectivity index (χ2v) is 7.16. The molecule has 7 heteroatoms. The molecule has 132 valence electrons. The van der Waals surface area contributed by atoms with Gasteiger partial charge in [0.1, 0.15) is 0 Å². The summed E-state index contributed by atoms with van der Waals surface area (Å²) in [5, 5.41) is 6.56. The Bertz CT molecular complexity index is 526. The third-order valence-corrected chi connectivity index (χ3v) is 4.74. The molecular formula is C16H27FIN3OS. The summed E-state index contributed by atoms with van der Waals surface area (Å²) < 4.78 is 18.8. The van der Waals surface area contributed by atoms with Gasteiger partial charge >= 0.3 is 0 Å². The van der Waals surface area contributed by atoms with Gasteiger partial charge in [-0.2, -0.15) is 11.8 Å². The molecule has 0 saturated heterocycles. The van der Waals surface area contributed by atoms with E-state index >= 15 is 0 Å². The number of ether oxygens (including phenoxy) is 1. The fraction of sp³-hybridized carbons (Fsp3) is 0.562. The lowest BCUT2D eigenvalue weighted by molar-refractivity contribution is 0.386. The predicted molar refractivity (Wildman–Crippen MR) is 109 cm³/mol. The molecule has 0 aromatic heterocycles. The van der Waals surface area contributed by atoms with Crippen molar-refractivity contribution in [1.82, 2.24) is 10.6 Å². The van der Waals surface area contributed by atoms with E-state index in [9.17, 15) is 4.39 Å². The molecule has 0 bridgehead atoms. The normalized spacial score (nSPS) is 13.1. The molecule has 0 radical (unpaired) electrons. The van der Waals surface area contributed by atoms with Crippen LogP contribution in [0.4, 0.5) is 4.39 Å². The molecule has 1 atom stereocenters. The summed E-state index contributed by atoms with van der Waals surface area (Å²) in [6, 6.07) is 4.90. The third kappa shape index (κ3) is 7.15. The van der Waals surface area contributed by atoms with Crippen molar-refractivity contribution in [2.75, 3.05) is 27.0 Å². The van der Waals surface area contributed by atoms with Gasteiger partial charge in [-0.15, -0.1) is 24.0 Å². The SMILES string of the molecule is CN=C(NCC(C)(C)SC)NC(C)c1ccc(OC)c(F)c1.I. The maximum absolute atomic E-state index is 13.8. The van der Waals surface area contributed by atoms with Crippen LogP contribution >= 0.6 is 35.7 Å². The minimum absolute atomic E-state index is 0. The number of nitrogens with one attached hydrogen (secondary N) is 2. The monoisotopic (exact) mass is 455 g/mol. The van der Waals surface area contributed by atoms with Gasteiger partial charge in [-0.1, -0.05) is 6.07 Å². The zero-order chi connectivity index (χ0) is 16.8. The van der Waals surface area contributed by atoms with E-state index in [2.05, 4.69) is 35.7 Å². The Morgan fingerprint density at radius 3 is 2.57 bits per heavy atom. The van der Waals surface area contributed by atoms with Crippen molar-refractivity contribution in [3.05, 3.63) is 29.6 Å². The summed E-state index contributed by atoms with van der Waals surface area (Å²) in [6.45, 7) is 7.09. The smallest absolute Gasteiger partial charge is 0.191 e. The van der Waals surface area contributed by atoms with Crippen LogP contribution < -0.4 is 15.4 Å². The van der Waals surface area contributed by atoms with E-state index in [0.717, 1.165) is 12.1 Å². The van der Waals surface area contributed by atoms with E-state index in [1.165, 1.54) is 13.2 Å². The maximum Gasteiger partial charge on any atom is 0.191 e. The number of guanidine groups is 1. The first-order valence-electron chi connectivity index (χ1n) is 7.18. The zero-order valence-corrected chi connectivity index (χ0v) is 17.7. The maximum atomic E-state index is 13.8. The van der Waals surface area contributed by atoms with Crippen molar-refractivity contribution in [3.8, 4) is 5.75 Å². The van der Waals surface area contributed by atoms with Crippen LogP contribution in [0.2, 0.25) is 0 Å². The lowest BCUT2D eigenvalue weighted by atomic mass is 10.1. The molecule has 1 aromatic rings. The van der Waals surface area contributed by atoms with E-state index in [1.54, 1.807) is 24.9 Å². The molecule has 1 unspecified atom stereocenters. The molecule has 4 nitrogen and oxygen atoms in total. The van der Waals surface area contributed by atoms with Gasteiger partial charge in [-0.3, -0.25) is 4.99 Å². The summed E-state index contributed by atoms with van der Waals surface area (Å²) >= 11 is 1.79. The molecule has 1 rings (SSSR count). The molecular weight excluding hydrogens is 428 g/mol. The number of hydrogen-bond acceptors (Lipinski definition) is 3. The van der Waals surface area contributed by atoms with Gasteiger partial charge in [0, 0.05) is 18.3 Å². The molecule has 0 amide bonds. The van der Waals surface area contributed by atoms with E-state index in [4.69, 9.17) is 4.74 Å². The molecule has 0 fully saturated rings. The van der Waals surface area contributed by atoms with Gasteiger partial charge in [0.2, 0.25) is 0 Å². The molecule has 0 spiro atoms. The zero-order valence-electron chi connectivity index (χ0n) is 14.6. The van der Waals surface area contributed by atoms with Crippen LogP contribution in [0.15, 0.2) is 23.2 Å². The van der Waals surface area contributed by atoms with Crippen LogP contribution in [-0.2, 0) is 0 Å². The van der Waals surface area contributed by atoms with Gasteiger partial charge in [-0.25, -0.2) is 4.39 Å². The Kier molecular flexibility index (Phi) is 9.91. The van der Waals surface area contributed by atoms with Gasteiger partial charge in [0.25, 0.3) is 0 Å². The molecule has 0 aliphatic carbocycles. The molecule has 2 N–H and O–H groups in total. The second kappa shape index (κ2) is 10.2. The largest absolute Gasteiger partial charge is 0.494 e.